The Kier molecular flexibility index (Phi) is 5.45. The molecule has 0 spiro atoms. The SMILES string of the molecule is Cc1cc(OC(C(N)=O)C2CC2)cc(C)c1Cc1ccc(O)c(C(C)C)c1. The van der Waals surface area contributed by atoms with E-state index in [1.807, 2.05) is 18.2 Å². The van der Waals surface area contributed by atoms with Crippen LogP contribution >= 0.6 is 0 Å². The predicted octanol–water partition coefficient (Wildman–Crippen LogP) is 4.37. The Bertz CT molecular complexity index is 830. The number of aryl methyl sites for hydroxylation is 2. The van der Waals surface area contributed by atoms with E-state index in [0.717, 1.165) is 36.0 Å². The second-order valence-electron chi connectivity index (χ2n) is 8.04. The summed E-state index contributed by atoms with van der Waals surface area (Å²) in [6.45, 7) is 8.29. The summed E-state index contributed by atoms with van der Waals surface area (Å²) in [5, 5.41) is 10.0. The molecular formula is C23H29NO3. The Morgan fingerprint density at radius 3 is 2.33 bits per heavy atom. The highest BCUT2D eigenvalue weighted by atomic mass is 16.5. The number of amides is 1. The van der Waals surface area contributed by atoms with Crippen LogP contribution < -0.4 is 10.5 Å². The fourth-order valence-corrected chi connectivity index (χ4v) is 3.61. The molecule has 3 N–H and O–H groups in total. The van der Waals surface area contributed by atoms with Crippen molar-refractivity contribution in [3.63, 3.8) is 0 Å². The molecule has 2 aromatic rings. The van der Waals surface area contributed by atoms with Gasteiger partial charge in [-0.15, -0.1) is 0 Å². The van der Waals surface area contributed by atoms with E-state index in [9.17, 15) is 9.90 Å². The van der Waals surface area contributed by atoms with Crippen LogP contribution in [0.3, 0.4) is 0 Å². The molecule has 0 heterocycles. The fourth-order valence-electron chi connectivity index (χ4n) is 3.61. The fraction of sp³-hybridized carbons (Fsp3) is 0.435. The minimum atomic E-state index is -0.527. The second kappa shape index (κ2) is 7.63. The topological polar surface area (TPSA) is 72.5 Å². The molecule has 0 radical (unpaired) electrons. The van der Waals surface area contributed by atoms with Gasteiger partial charge in [-0.25, -0.2) is 0 Å². The number of benzene rings is 2. The van der Waals surface area contributed by atoms with Gasteiger partial charge in [0, 0.05) is 5.92 Å². The van der Waals surface area contributed by atoms with Crippen LogP contribution in [0.1, 0.15) is 60.4 Å². The molecule has 1 fully saturated rings. The van der Waals surface area contributed by atoms with Gasteiger partial charge >= 0.3 is 0 Å². The van der Waals surface area contributed by atoms with Gasteiger partial charge in [0.25, 0.3) is 5.91 Å². The van der Waals surface area contributed by atoms with E-state index in [-0.39, 0.29) is 17.7 Å². The molecule has 1 amide bonds. The number of phenolic OH excluding ortho intramolecular Hbond substituents is 1. The van der Waals surface area contributed by atoms with Crippen molar-refractivity contribution in [2.45, 2.75) is 59.0 Å². The monoisotopic (exact) mass is 367 g/mol. The van der Waals surface area contributed by atoms with Crippen LogP contribution in [-0.2, 0) is 11.2 Å². The molecule has 0 aromatic heterocycles. The van der Waals surface area contributed by atoms with Crippen molar-refractivity contribution in [3.05, 3.63) is 58.1 Å². The summed E-state index contributed by atoms with van der Waals surface area (Å²) in [6.07, 6.45) is 2.27. The number of rotatable bonds is 7. The van der Waals surface area contributed by atoms with Crippen molar-refractivity contribution in [1.29, 1.82) is 0 Å². The van der Waals surface area contributed by atoms with Gasteiger partial charge in [0.2, 0.25) is 0 Å². The molecule has 1 unspecified atom stereocenters. The van der Waals surface area contributed by atoms with Crippen molar-refractivity contribution in [2.75, 3.05) is 0 Å². The van der Waals surface area contributed by atoms with Crippen LogP contribution in [0.4, 0.5) is 0 Å². The third-order valence-electron chi connectivity index (χ3n) is 5.36. The molecule has 3 rings (SSSR count). The minimum Gasteiger partial charge on any atom is -0.508 e. The number of carbonyl (C=O) groups excluding carboxylic acids is 1. The lowest BCUT2D eigenvalue weighted by molar-refractivity contribution is -0.125. The number of phenols is 1. The molecular weight excluding hydrogens is 338 g/mol. The van der Waals surface area contributed by atoms with Gasteiger partial charge in [-0.05, 0) is 85.0 Å². The summed E-state index contributed by atoms with van der Waals surface area (Å²) < 4.78 is 5.93. The van der Waals surface area contributed by atoms with E-state index < -0.39 is 6.10 Å². The zero-order valence-electron chi connectivity index (χ0n) is 16.6. The van der Waals surface area contributed by atoms with E-state index in [0.29, 0.717) is 11.5 Å². The van der Waals surface area contributed by atoms with Crippen LogP contribution in [0.5, 0.6) is 11.5 Å². The first-order chi connectivity index (χ1) is 12.8. The number of hydrogen-bond acceptors (Lipinski definition) is 3. The summed E-state index contributed by atoms with van der Waals surface area (Å²) in [6, 6.07) is 9.81. The van der Waals surface area contributed by atoms with Gasteiger partial charge in [0.05, 0.1) is 0 Å². The van der Waals surface area contributed by atoms with Crippen LogP contribution in [-0.4, -0.2) is 17.1 Å². The highest BCUT2D eigenvalue weighted by Crippen LogP contribution is 2.36. The first kappa shape index (κ1) is 19.3. The van der Waals surface area contributed by atoms with Gasteiger partial charge in [0.15, 0.2) is 6.10 Å². The second-order valence-corrected chi connectivity index (χ2v) is 8.04. The average Bonchev–Trinajstić information content (AvgIpc) is 3.41. The van der Waals surface area contributed by atoms with Gasteiger partial charge in [-0.1, -0.05) is 26.0 Å². The van der Waals surface area contributed by atoms with E-state index in [1.54, 1.807) is 6.07 Å². The minimum absolute atomic E-state index is 0.259. The Morgan fingerprint density at radius 1 is 1.19 bits per heavy atom. The Labute approximate surface area is 161 Å². The first-order valence-corrected chi connectivity index (χ1v) is 9.64. The highest BCUT2D eigenvalue weighted by Gasteiger charge is 2.37. The highest BCUT2D eigenvalue weighted by molar-refractivity contribution is 5.80. The van der Waals surface area contributed by atoms with Crippen LogP contribution in [0.2, 0.25) is 0 Å². The molecule has 4 heteroatoms. The number of primary amides is 1. The lowest BCUT2D eigenvalue weighted by atomic mass is 9.93. The molecule has 1 aliphatic rings. The molecule has 144 valence electrons. The number of aromatic hydroxyl groups is 1. The number of nitrogens with two attached hydrogens (primary N) is 1. The van der Waals surface area contributed by atoms with E-state index in [1.165, 1.54) is 11.1 Å². The molecule has 1 saturated carbocycles. The summed E-state index contributed by atoms with van der Waals surface area (Å²) in [4.78, 5) is 11.7. The van der Waals surface area contributed by atoms with Crippen LogP contribution in [0.25, 0.3) is 0 Å². The van der Waals surface area contributed by atoms with Crippen molar-refractivity contribution in [2.24, 2.45) is 11.7 Å². The average molecular weight is 367 g/mol. The Balaban J connectivity index is 1.83. The molecule has 1 aliphatic carbocycles. The summed E-state index contributed by atoms with van der Waals surface area (Å²) in [5.41, 5.74) is 11.1. The zero-order valence-corrected chi connectivity index (χ0v) is 16.6. The van der Waals surface area contributed by atoms with Gasteiger partial charge in [-0.2, -0.15) is 0 Å². The first-order valence-electron chi connectivity index (χ1n) is 9.64. The lowest BCUT2D eigenvalue weighted by Crippen LogP contribution is -2.35. The van der Waals surface area contributed by atoms with Gasteiger partial charge in [-0.3, -0.25) is 4.79 Å². The van der Waals surface area contributed by atoms with E-state index >= 15 is 0 Å². The van der Waals surface area contributed by atoms with Crippen molar-refractivity contribution < 1.29 is 14.6 Å². The Morgan fingerprint density at radius 2 is 1.81 bits per heavy atom. The van der Waals surface area contributed by atoms with Crippen molar-refractivity contribution in [3.8, 4) is 11.5 Å². The summed E-state index contributed by atoms with van der Waals surface area (Å²) in [7, 11) is 0. The molecule has 4 nitrogen and oxygen atoms in total. The summed E-state index contributed by atoms with van der Waals surface area (Å²) in [5.74, 6) is 1.20. The number of ether oxygens (including phenoxy) is 1. The third-order valence-corrected chi connectivity index (χ3v) is 5.36. The van der Waals surface area contributed by atoms with Gasteiger partial charge in [0.1, 0.15) is 11.5 Å². The maximum Gasteiger partial charge on any atom is 0.258 e. The van der Waals surface area contributed by atoms with E-state index in [2.05, 4.69) is 33.8 Å². The molecule has 0 bridgehead atoms. The lowest BCUT2D eigenvalue weighted by Gasteiger charge is -2.19. The van der Waals surface area contributed by atoms with Crippen molar-refractivity contribution in [1.82, 2.24) is 0 Å². The molecule has 2 aromatic carbocycles. The van der Waals surface area contributed by atoms with E-state index in [4.69, 9.17) is 10.5 Å². The Hall–Kier alpha value is -2.49. The molecule has 27 heavy (non-hydrogen) atoms. The molecule has 0 aliphatic heterocycles. The number of carbonyl (C=O) groups is 1. The molecule has 0 saturated heterocycles. The number of hydrogen-bond donors (Lipinski definition) is 2. The predicted molar refractivity (Wildman–Crippen MR) is 107 cm³/mol. The maximum atomic E-state index is 11.7. The maximum absolute atomic E-state index is 11.7. The quantitative estimate of drug-likeness (QED) is 0.763. The molecule has 1 atom stereocenters. The smallest absolute Gasteiger partial charge is 0.258 e. The van der Waals surface area contributed by atoms with Gasteiger partial charge < -0.3 is 15.6 Å². The largest absolute Gasteiger partial charge is 0.508 e. The summed E-state index contributed by atoms with van der Waals surface area (Å²) >= 11 is 0. The van der Waals surface area contributed by atoms with Crippen LogP contribution in [0.15, 0.2) is 30.3 Å². The normalized spacial score (nSPS) is 15.0. The van der Waals surface area contributed by atoms with Crippen molar-refractivity contribution >= 4 is 5.91 Å². The third kappa shape index (κ3) is 4.44. The zero-order chi connectivity index (χ0) is 19.7. The standard InChI is InChI=1S/C23H29NO3/c1-13(2)19-11-16(5-8-21(19)25)12-20-14(3)9-18(10-15(20)4)27-22(23(24)26)17-6-7-17/h5,8-11,13,17,22,25H,6-7,12H2,1-4H3,(H2,24,26). The van der Waals surface area contributed by atoms with Crippen LogP contribution in [0, 0.1) is 19.8 Å².